The largest absolute Gasteiger partial charge is 0.508 e. The van der Waals surface area contributed by atoms with E-state index >= 15 is 0 Å². The van der Waals surface area contributed by atoms with Crippen LogP contribution in [-0.4, -0.2) is 22.5 Å². The van der Waals surface area contributed by atoms with E-state index in [1.165, 1.54) is 11.1 Å². The average molecular weight is 350 g/mol. The van der Waals surface area contributed by atoms with E-state index in [1.807, 2.05) is 13.0 Å². The molecule has 1 heterocycles. The number of phenols is 1. The number of carbonyl (C=O) groups excluding carboxylic acids is 1. The molecule has 2 aromatic carbocycles. The molecule has 0 aliphatic rings. The van der Waals surface area contributed by atoms with E-state index in [0.717, 1.165) is 34.1 Å². The fourth-order valence-corrected chi connectivity index (χ4v) is 3.50. The number of aromatic hydroxyl groups is 1. The number of phenolic OH excluding ortho intramolecular Hbond substituents is 1. The predicted octanol–water partition coefficient (Wildman–Crippen LogP) is 4.62. The lowest BCUT2D eigenvalue weighted by Gasteiger charge is -2.09. The second-order valence-corrected chi connectivity index (χ2v) is 6.93. The lowest BCUT2D eigenvalue weighted by Crippen LogP contribution is -2.25. The second-order valence-electron chi connectivity index (χ2n) is 6.93. The van der Waals surface area contributed by atoms with Gasteiger partial charge in [-0.1, -0.05) is 24.1 Å². The van der Waals surface area contributed by atoms with Crippen LogP contribution in [0.15, 0.2) is 36.4 Å². The highest BCUT2D eigenvalue weighted by Gasteiger charge is 2.14. The molecule has 0 aliphatic carbocycles. The number of hydrogen-bond donors (Lipinski definition) is 3. The summed E-state index contributed by atoms with van der Waals surface area (Å²) < 4.78 is 0. The molecule has 0 radical (unpaired) electrons. The Balaban J connectivity index is 2.00. The van der Waals surface area contributed by atoms with Crippen molar-refractivity contribution in [3.05, 3.63) is 53.1 Å². The van der Waals surface area contributed by atoms with Gasteiger partial charge in [0.2, 0.25) is 5.91 Å². The topological polar surface area (TPSA) is 65.1 Å². The summed E-state index contributed by atoms with van der Waals surface area (Å²) in [6.45, 7) is 6.77. The molecule has 1 amide bonds. The van der Waals surface area contributed by atoms with E-state index in [-0.39, 0.29) is 11.7 Å². The summed E-state index contributed by atoms with van der Waals surface area (Å²) in [4.78, 5) is 15.3. The zero-order valence-corrected chi connectivity index (χ0v) is 15.6. The molecule has 3 aromatic rings. The normalized spacial score (nSPS) is 11.0. The molecule has 0 bridgehead atoms. The van der Waals surface area contributed by atoms with Crippen LogP contribution < -0.4 is 5.32 Å². The summed E-state index contributed by atoms with van der Waals surface area (Å²) in [6, 6.07) is 11.9. The van der Waals surface area contributed by atoms with Gasteiger partial charge in [-0.05, 0) is 68.1 Å². The first-order chi connectivity index (χ1) is 12.5. The SMILES string of the molecule is CCCC(=O)NCCc1c(-c2cc(C)cc(C)c2)[nH]c2ccc(O)cc12. The van der Waals surface area contributed by atoms with Crippen molar-refractivity contribution in [2.75, 3.05) is 6.54 Å². The van der Waals surface area contributed by atoms with Crippen molar-refractivity contribution in [2.24, 2.45) is 0 Å². The maximum absolute atomic E-state index is 11.8. The zero-order chi connectivity index (χ0) is 18.7. The van der Waals surface area contributed by atoms with Gasteiger partial charge in [-0.3, -0.25) is 4.79 Å². The van der Waals surface area contributed by atoms with Crippen LogP contribution in [0.4, 0.5) is 0 Å². The Labute approximate surface area is 154 Å². The van der Waals surface area contributed by atoms with Crippen molar-refractivity contribution < 1.29 is 9.90 Å². The highest BCUT2D eigenvalue weighted by molar-refractivity contribution is 5.92. The molecule has 1 aromatic heterocycles. The number of hydrogen-bond acceptors (Lipinski definition) is 2. The monoisotopic (exact) mass is 350 g/mol. The van der Waals surface area contributed by atoms with E-state index in [0.29, 0.717) is 19.4 Å². The lowest BCUT2D eigenvalue weighted by molar-refractivity contribution is -0.121. The summed E-state index contributed by atoms with van der Waals surface area (Å²) >= 11 is 0. The Kier molecular flexibility index (Phi) is 5.31. The van der Waals surface area contributed by atoms with Crippen LogP contribution in [0.2, 0.25) is 0 Å². The summed E-state index contributed by atoms with van der Waals surface area (Å²) in [6.07, 6.45) is 2.11. The Morgan fingerprint density at radius 2 is 1.85 bits per heavy atom. The smallest absolute Gasteiger partial charge is 0.219 e. The van der Waals surface area contributed by atoms with Gasteiger partial charge in [0.15, 0.2) is 0 Å². The van der Waals surface area contributed by atoms with Gasteiger partial charge in [-0.2, -0.15) is 0 Å². The van der Waals surface area contributed by atoms with Crippen molar-refractivity contribution in [3.8, 4) is 17.0 Å². The maximum Gasteiger partial charge on any atom is 0.219 e. The first-order valence-electron chi connectivity index (χ1n) is 9.17. The molecule has 0 saturated heterocycles. The van der Waals surface area contributed by atoms with E-state index in [2.05, 4.69) is 42.3 Å². The second kappa shape index (κ2) is 7.65. The summed E-state index contributed by atoms with van der Waals surface area (Å²) in [5, 5.41) is 13.9. The van der Waals surface area contributed by atoms with E-state index < -0.39 is 0 Å². The van der Waals surface area contributed by atoms with Gasteiger partial charge in [0.1, 0.15) is 5.75 Å². The van der Waals surface area contributed by atoms with Gasteiger partial charge in [0.05, 0.1) is 0 Å². The average Bonchev–Trinajstić information content (AvgIpc) is 2.92. The number of amides is 1. The van der Waals surface area contributed by atoms with Crippen LogP contribution in [0, 0.1) is 13.8 Å². The Hall–Kier alpha value is -2.75. The van der Waals surface area contributed by atoms with Gasteiger partial charge in [0.25, 0.3) is 0 Å². The van der Waals surface area contributed by atoms with Crippen molar-refractivity contribution in [1.82, 2.24) is 10.3 Å². The molecule has 4 nitrogen and oxygen atoms in total. The number of nitrogens with one attached hydrogen (secondary N) is 2. The van der Waals surface area contributed by atoms with Crippen molar-refractivity contribution >= 4 is 16.8 Å². The third kappa shape index (κ3) is 3.90. The van der Waals surface area contributed by atoms with Crippen molar-refractivity contribution in [3.63, 3.8) is 0 Å². The molecule has 0 atom stereocenters. The van der Waals surface area contributed by atoms with Crippen molar-refractivity contribution in [2.45, 2.75) is 40.0 Å². The molecule has 0 saturated carbocycles. The highest BCUT2D eigenvalue weighted by Crippen LogP contribution is 2.33. The van der Waals surface area contributed by atoms with Crippen LogP contribution in [0.5, 0.6) is 5.75 Å². The molecule has 3 N–H and O–H groups in total. The van der Waals surface area contributed by atoms with Crippen LogP contribution in [0.25, 0.3) is 22.2 Å². The number of rotatable bonds is 6. The fourth-order valence-electron chi connectivity index (χ4n) is 3.50. The van der Waals surface area contributed by atoms with Gasteiger partial charge < -0.3 is 15.4 Å². The molecular formula is C22H26N2O2. The van der Waals surface area contributed by atoms with Crippen LogP contribution >= 0.6 is 0 Å². The third-order valence-corrected chi connectivity index (χ3v) is 4.57. The minimum Gasteiger partial charge on any atom is -0.508 e. The number of aromatic nitrogens is 1. The van der Waals surface area contributed by atoms with E-state index in [1.54, 1.807) is 12.1 Å². The molecular weight excluding hydrogens is 324 g/mol. The molecule has 0 aliphatic heterocycles. The molecule has 136 valence electrons. The molecule has 0 fully saturated rings. The fraction of sp³-hybridized carbons (Fsp3) is 0.318. The van der Waals surface area contributed by atoms with Gasteiger partial charge >= 0.3 is 0 Å². The van der Waals surface area contributed by atoms with Crippen LogP contribution in [0.1, 0.15) is 36.5 Å². The molecule has 0 unspecified atom stereocenters. The first-order valence-corrected chi connectivity index (χ1v) is 9.17. The number of aromatic amines is 1. The summed E-state index contributed by atoms with van der Waals surface area (Å²) in [5.74, 6) is 0.336. The Morgan fingerprint density at radius 3 is 2.54 bits per heavy atom. The Morgan fingerprint density at radius 1 is 1.12 bits per heavy atom. The molecule has 0 spiro atoms. The minimum atomic E-state index is 0.0862. The maximum atomic E-state index is 11.8. The van der Waals surface area contributed by atoms with Crippen LogP contribution in [0.3, 0.4) is 0 Å². The summed E-state index contributed by atoms with van der Waals surface area (Å²) in [7, 11) is 0. The lowest BCUT2D eigenvalue weighted by atomic mass is 9.99. The standard InChI is InChI=1S/C22H26N2O2/c1-4-5-21(26)23-9-8-18-19-13-17(25)6-7-20(19)24-22(18)16-11-14(2)10-15(3)12-16/h6-7,10-13,24-25H,4-5,8-9H2,1-3H3,(H,23,26). The van der Waals surface area contributed by atoms with E-state index in [9.17, 15) is 9.90 Å². The number of carbonyl (C=O) groups is 1. The number of benzene rings is 2. The molecule has 26 heavy (non-hydrogen) atoms. The quantitative estimate of drug-likeness (QED) is 0.607. The predicted molar refractivity (Wildman–Crippen MR) is 106 cm³/mol. The minimum absolute atomic E-state index is 0.0862. The first kappa shape index (κ1) is 18.1. The number of aryl methyl sites for hydroxylation is 2. The van der Waals surface area contributed by atoms with Crippen molar-refractivity contribution in [1.29, 1.82) is 0 Å². The third-order valence-electron chi connectivity index (χ3n) is 4.57. The van der Waals surface area contributed by atoms with E-state index in [4.69, 9.17) is 0 Å². The highest BCUT2D eigenvalue weighted by atomic mass is 16.3. The van der Waals surface area contributed by atoms with Crippen LogP contribution in [-0.2, 0) is 11.2 Å². The van der Waals surface area contributed by atoms with Gasteiger partial charge in [0, 0.05) is 29.6 Å². The number of fused-ring (bicyclic) bond motifs is 1. The van der Waals surface area contributed by atoms with Gasteiger partial charge in [-0.15, -0.1) is 0 Å². The molecule has 3 rings (SSSR count). The zero-order valence-electron chi connectivity index (χ0n) is 15.6. The summed E-state index contributed by atoms with van der Waals surface area (Å²) in [5.41, 5.74) is 6.73. The van der Waals surface area contributed by atoms with Gasteiger partial charge in [-0.25, -0.2) is 0 Å². The molecule has 4 heteroatoms. The number of H-pyrrole nitrogens is 1. The Bertz CT molecular complexity index is 920.